The minimum Gasteiger partial charge on any atom is -0.466 e. The van der Waals surface area contributed by atoms with Gasteiger partial charge in [-0.15, -0.1) is 0 Å². The van der Waals surface area contributed by atoms with Crippen molar-refractivity contribution in [2.75, 3.05) is 6.61 Å². The predicted molar refractivity (Wildman–Crippen MR) is 65.9 cm³/mol. The Morgan fingerprint density at radius 2 is 1.94 bits per heavy atom. The quantitative estimate of drug-likeness (QED) is 0.734. The van der Waals surface area contributed by atoms with Crippen LogP contribution in [0.3, 0.4) is 0 Å². The first-order chi connectivity index (χ1) is 8.02. The van der Waals surface area contributed by atoms with Gasteiger partial charge in [-0.05, 0) is 37.5 Å². The normalized spacial score (nSPS) is 10.1. The minimum absolute atomic E-state index is 0.126. The summed E-state index contributed by atoms with van der Waals surface area (Å²) in [6, 6.07) is 5.75. The number of Topliss-reactive ketones (excluding diaryl/α,β-unsaturated/α-hetero) is 1. The Morgan fingerprint density at radius 1 is 1.24 bits per heavy atom. The van der Waals surface area contributed by atoms with Crippen molar-refractivity contribution < 1.29 is 14.3 Å². The highest BCUT2D eigenvalue weighted by molar-refractivity contribution is 5.79. The second kappa shape index (κ2) is 6.18. The van der Waals surface area contributed by atoms with E-state index in [1.165, 1.54) is 0 Å². The molecular formula is C14H18O3. The zero-order chi connectivity index (χ0) is 12.8. The van der Waals surface area contributed by atoms with Crippen molar-refractivity contribution in [1.82, 2.24) is 0 Å². The number of hydrogen-bond acceptors (Lipinski definition) is 3. The average molecular weight is 234 g/mol. The van der Waals surface area contributed by atoms with Gasteiger partial charge in [0.1, 0.15) is 5.78 Å². The lowest BCUT2D eigenvalue weighted by atomic mass is 9.99. The number of hydrogen-bond donors (Lipinski definition) is 0. The van der Waals surface area contributed by atoms with Gasteiger partial charge in [0.05, 0.1) is 13.0 Å². The van der Waals surface area contributed by atoms with Crippen LogP contribution in [0.4, 0.5) is 0 Å². The second-order valence-electron chi connectivity index (χ2n) is 4.12. The lowest BCUT2D eigenvalue weighted by Gasteiger charge is -2.07. The Labute approximate surface area is 102 Å². The zero-order valence-corrected chi connectivity index (χ0v) is 10.6. The van der Waals surface area contributed by atoms with E-state index in [2.05, 4.69) is 0 Å². The Balaban J connectivity index is 2.81. The fraction of sp³-hybridized carbons (Fsp3) is 0.429. The smallest absolute Gasteiger partial charge is 0.310 e. The van der Waals surface area contributed by atoms with E-state index in [1.54, 1.807) is 13.8 Å². The fourth-order valence-electron chi connectivity index (χ4n) is 1.67. The molecule has 1 aromatic rings. The summed E-state index contributed by atoms with van der Waals surface area (Å²) in [5.74, 6) is -0.105. The van der Waals surface area contributed by atoms with E-state index in [1.807, 2.05) is 25.1 Å². The minimum atomic E-state index is -0.231. The van der Waals surface area contributed by atoms with E-state index in [0.717, 1.165) is 16.7 Å². The molecule has 0 amide bonds. The average Bonchev–Trinajstić information content (AvgIpc) is 2.22. The monoisotopic (exact) mass is 234 g/mol. The van der Waals surface area contributed by atoms with Crippen molar-refractivity contribution in [3.63, 3.8) is 0 Å². The molecule has 3 heteroatoms. The SMILES string of the molecule is CCOC(=O)Cc1ccc(C)c(CC(C)=O)c1. The molecule has 0 atom stereocenters. The van der Waals surface area contributed by atoms with Crippen LogP contribution in [-0.2, 0) is 27.2 Å². The third-order valence-corrected chi connectivity index (χ3v) is 2.51. The summed E-state index contributed by atoms with van der Waals surface area (Å²) in [5.41, 5.74) is 2.96. The predicted octanol–water partition coefficient (Wildman–Crippen LogP) is 2.23. The van der Waals surface area contributed by atoms with Gasteiger partial charge in [-0.3, -0.25) is 9.59 Å². The van der Waals surface area contributed by atoms with Crippen LogP contribution < -0.4 is 0 Å². The van der Waals surface area contributed by atoms with Gasteiger partial charge in [-0.1, -0.05) is 18.2 Å². The number of ether oxygens (including phenoxy) is 1. The summed E-state index contributed by atoms with van der Waals surface area (Å²) in [7, 11) is 0. The van der Waals surface area contributed by atoms with Crippen molar-refractivity contribution >= 4 is 11.8 Å². The molecule has 92 valence electrons. The molecule has 0 fully saturated rings. The van der Waals surface area contributed by atoms with E-state index >= 15 is 0 Å². The summed E-state index contributed by atoms with van der Waals surface area (Å²) in [6.07, 6.45) is 0.682. The molecule has 0 radical (unpaired) electrons. The van der Waals surface area contributed by atoms with Crippen molar-refractivity contribution in [2.45, 2.75) is 33.6 Å². The van der Waals surface area contributed by atoms with E-state index in [4.69, 9.17) is 4.74 Å². The first kappa shape index (κ1) is 13.4. The maximum atomic E-state index is 11.3. The number of carbonyl (C=O) groups is 2. The van der Waals surface area contributed by atoms with Crippen LogP contribution in [0.1, 0.15) is 30.5 Å². The van der Waals surface area contributed by atoms with Gasteiger partial charge in [0.25, 0.3) is 0 Å². The van der Waals surface area contributed by atoms with Gasteiger partial charge in [0.15, 0.2) is 0 Å². The highest BCUT2D eigenvalue weighted by atomic mass is 16.5. The van der Waals surface area contributed by atoms with Crippen LogP contribution in [0.5, 0.6) is 0 Å². The number of esters is 1. The topological polar surface area (TPSA) is 43.4 Å². The third kappa shape index (κ3) is 4.39. The lowest BCUT2D eigenvalue weighted by Crippen LogP contribution is -2.08. The Hall–Kier alpha value is -1.64. The molecule has 3 nitrogen and oxygen atoms in total. The third-order valence-electron chi connectivity index (χ3n) is 2.51. The van der Waals surface area contributed by atoms with Gasteiger partial charge in [0, 0.05) is 6.42 Å². The Kier molecular flexibility index (Phi) is 4.88. The highest BCUT2D eigenvalue weighted by Crippen LogP contribution is 2.13. The molecule has 0 spiro atoms. The van der Waals surface area contributed by atoms with Crippen LogP contribution in [-0.4, -0.2) is 18.4 Å². The summed E-state index contributed by atoms with van der Waals surface area (Å²) < 4.78 is 4.89. The molecule has 0 aromatic heterocycles. The van der Waals surface area contributed by atoms with Gasteiger partial charge < -0.3 is 4.74 Å². The Morgan fingerprint density at radius 3 is 2.53 bits per heavy atom. The zero-order valence-electron chi connectivity index (χ0n) is 10.6. The maximum absolute atomic E-state index is 11.3. The molecule has 0 N–H and O–H groups in total. The molecule has 0 heterocycles. The molecule has 1 aromatic carbocycles. The molecule has 0 aliphatic carbocycles. The van der Waals surface area contributed by atoms with Crippen molar-refractivity contribution in [3.8, 4) is 0 Å². The largest absolute Gasteiger partial charge is 0.466 e. The van der Waals surface area contributed by atoms with E-state index in [9.17, 15) is 9.59 Å². The number of benzene rings is 1. The maximum Gasteiger partial charge on any atom is 0.310 e. The molecule has 0 saturated carbocycles. The van der Waals surface area contributed by atoms with Gasteiger partial charge in [0.2, 0.25) is 0 Å². The number of rotatable bonds is 5. The standard InChI is InChI=1S/C14H18O3/c1-4-17-14(16)9-12-6-5-10(2)13(8-12)7-11(3)15/h5-6,8H,4,7,9H2,1-3H3. The summed E-state index contributed by atoms with van der Waals surface area (Å²) in [5, 5.41) is 0. The lowest BCUT2D eigenvalue weighted by molar-refractivity contribution is -0.142. The molecule has 1 rings (SSSR count). The van der Waals surface area contributed by atoms with Crippen molar-refractivity contribution in [3.05, 3.63) is 34.9 Å². The van der Waals surface area contributed by atoms with E-state index in [0.29, 0.717) is 13.0 Å². The van der Waals surface area contributed by atoms with Crippen LogP contribution in [0.15, 0.2) is 18.2 Å². The summed E-state index contributed by atoms with van der Waals surface area (Å²) in [4.78, 5) is 22.5. The van der Waals surface area contributed by atoms with E-state index in [-0.39, 0.29) is 18.2 Å². The van der Waals surface area contributed by atoms with Crippen LogP contribution in [0.2, 0.25) is 0 Å². The summed E-state index contributed by atoms with van der Waals surface area (Å²) in [6.45, 7) is 5.71. The molecule has 0 aliphatic rings. The van der Waals surface area contributed by atoms with Gasteiger partial charge in [-0.2, -0.15) is 0 Å². The van der Waals surface area contributed by atoms with Crippen LogP contribution in [0.25, 0.3) is 0 Å². The molecule has 0 bridgehead atoms. The van der Waals surface area contributed by atoms with E-state index < -0.39 is 0 Å². The Bertz CT molecular complexity index is 421. The number of ketones is 1. The summed E-state index contributed by atoms with van der Waals surface area (Å²) >= 11 is 0. The number of carbonyl (C=O) groups excluding carboxylic acids is 2. The fourth-order valence-corrected chi connectivity index (χ4v) is 1.67. The first-order valence-electron chi connectivity index (χ1n) is 5.76. The molecule has 0 aliphatic heterocycles. The molecular weight excluding hydrogens is 216 g/mol. The molecule has 17 heavy (non-hydrogen) atoms. The van der Waals surface area contributed by atoms with Crippen LogP contribution >= 0.6 is 0 Å². The molecule has 0 saturated heterocycles. The number of aryl methyl sites for hydroxylation is 1. The van der Waals surface area contributed by atoms with Gasteiger partial charge in [-0.25, -0.2) is 0 Å². The second-order valence-corrected chi connectivity index (χ2v) is 4.12. The van der Waals surface area contributed by atoms with Crippen LogP contribution in [0, 0.1) is 6.92 Å². The molecule has 0 unspecified atom stereocenters. The van der Waals surface area contributed by atoms with Crippen molar-refractivity contribution in [1.29, 1.82) is 0 Å². The van der Waals surface area contributed by atoms with Crippen molar-refractivity contribution in [2.24, 2.45) is 0 Å². The first-order valence-corrected chi connectivity index (χ1v) is 5.76. The highest BCUT2D eigenvalue weighted by Gasteiger charge is 2.07. The van der Waals surface area contributed by atoms with Gasteiger partial charge >= 0.3 is 5.97 Å².